The maximum atomic E-state index is 14.1. The summed E-state index contributed by atoms with van der Waals surface area (Å²) in [6.45, 7) is 1.29. The molecule has 0 bridgehead atoms. The third kappa shape index (κ3) is 7.36. The van der Waals surface area contributed by atoms with Gasteiger partial charge in [-0.1, -0.05) is 59.6 Å². The molecule has 3 N–H and O–H groups in total. The van der Waals surface area contributed by atoms with Gasteiger partial charge >= 0.3 is 0 Å². The van der Waals surface area contributed by atoms with Gasteiger partial charge in [0.25, 0.3) is 0 Å². The first-order valence-electron chi connectivity index (χ1n) is 14.4. The number of carbonyl (C=O) groups excluding carboxylic acids is 3. The highest BCUT2D eigenvalue weighted by molar-refractivity contribution is 6.42. The van der Waals surface area contributed by atoms with E-state index in [-0.39, 0.29) is 48.7 Å². The average molecular weight is 599 g/mol. The van der Waals surface area contributed by atoms with Gasteiger partial charge in [0.1, 0.15) is 12.4 Å². The highest BCUT2D eigenvalue weighted by atomic mass is 35.5. The van der Waals surface area contributed by atoms with Crippen LogP contribution in [0.2, 0.25) is 10.0 Å². The second-order valence-corrected chi connectivity index (χ2v) is 12.1. The molecule has 0 aromatic heterocycles. The lowest BCUT2D eigenvalue weighted by Crippen LogP contribution is -2.51. The molecule has 3 heterocycles. The van der Waals surface area contributed by atoms with Crippen LogP contribution >= 0.6 is 23.2 Å². The van der Waals surface area contributed by atoms with E-state index in [1.165, 1.54) is 5.56 Å². The van der Waals surface area contributed by atoms with Crippen LogP contribution in [0.5, 0.6) is 0 Å². The molecule has 2 saturated heterocycles. The number of amides is 2. The van der Waals surface area contributed by atoms with Crippen molar-refractivity contribution in [3.8, 4) is 0 Å². The van der Waals surface area contributed by atoms with E-state index < -0.39 is 6.04 Å². The first-order chi connectivity index (χ1) is 19.8. The van der Waals surface area contributed by atoms with Crippen molar-refractivity contribution in [1.29, 1.82) is 0 Å². The third-order valence-electron chi connectivity index (χ3n) is 8.46. The van der Waals surface area contributed by atoms with Crippen molar-refractivity contribution in [1.82, 2.24) is 15.1 Å². The number of nitrogens with two attached hydrogens (primary N) is 1. The minimum atomic E-state index is -0.614. The molecule has 41 heavy (non-hydrogen) atoms. The second kappa shape index (κ2) is 13.5. The topological polar surface area (TPSA) is 108 Å². The maximum absolute atomic E-state index is 14.1. The van der Waals surface area contributed by atoms with Crippen LogP contribution < -0.4 is 11.1 Å². The number of Topliss-reactive ketones (excluding diaryl/α,β-unsaturated/α-hetero) is 1. The zero-order valence-corrected chi connectivity index (χ0v) is 24.6. The summed E-state index contributed by atoms with van der Waals surface area (Å²) in [6, 6.07) is 14.9. The van der Waals surface area contributed by atoms with Crippen LogP contribution in [0, 0.1) is 0 Å². The molecule has 218 valence electrons. The molecule has 8 nitrogen and oxygen atoms in total. The minimum absolute atomic E-state index is 0.00840. The number of fused-ring (bicyclic) bond motifs is 1. The molecule has 4 atom stereocenters. The van der Waals surface area contributed by atoms with Crippen molar-refractivity contribution in [3.63, 3.8) is 0 Å². The molecule has 2 aromatic rings. The minimum Gasteiger partial charge on any atom is -0.331 e. The van der Waals surface area contributed by atoms with Crippen LogP contribution in [0.15, 0.2) is 53.5 Å². The molecule has 0 spiro atoms. The van der Waals surface area contributed by atoms with Crippen molar-refractivity contribution < 1.29 is 14.4 Å². The molecular formula is C31H37Cl2N5O3. The average Bonchev–Trinajstić information content (AvgIpc) is 3.54. The lowest BCUT2D eigenvalue weighted by atomic mass is 9.97. The van der Waals surface area contributed by atoms with Gasteiger partial charge in [-0.2, -0.15) is 0 Å². The van der Waals surface area contributed by atoms with Gasteiger partial charge in [-0.3, -0.25) is 24.3 Å². The zero-order valence-electron chi connectivity index (χ0n) is 23.1. The second-order valence-electron chi connectivity index (χ2n) is 11.3. The predicted molar refractivity (Wildman–Crippen MR) is 161 cm³/mol. The van der Waals surface area contributed by atoms with Crippen LogP contribution in [0.25, 0.3) is 0 Å². The molecule has 2 fully saturated rings. The number of carbonyl (C=O) groups is 3. The summed E-state index contributed by atoms with van der Waals surface area (Å²) in [5.74, 6) is 0.395. The van der Waals surface area contributed by atoms with Crippen LogP contribution in [0.3, 0.4) is 0 Å². The van der Waals surface area contributed by atoms with Gasteiger partial charge in [0.05, 0.1) is 22.1 Å². The Labute approximate surface area is 251 Å². The molecule has 0 saturated carbocycles. The summed E-state index contributed by atoms with van der Waals surface area (Å²) in [5.41, 5.74) is 8.58. The molecule has 2 aromatic carbocycles. The number of nitrogens with one attached hydrogen (secondary N) is 1. The molecule has 3 aliphatic rings. The number of rotatable bonds is 11. The van der Waals surface area contributed by atoms with Gasteiger partial charge in [-0.25, -0.2) is 0 Å². The first kappa shape index (κ1) is 29.7. The number of hydrogen-bond acceptors (Lipinski definition) is 6. The Bertz CT molecular complexity index is 1300. The molecular weight excluding hydrogens is 561 g/mol. The lowest BCUT2D eigenvalue weighted by Gasteiger charge is -2.32. The Balaban J connectivity index is 1.33. The largest absolute Gasteiger partial charge is 0.331 e. The van der Waals surface area contributed by atoms with Crippen molar-refractivity contribution in [2.45, 2.75) is 75.5 Å². The number of aryl methyl sites for hydroxylation is 2. The molecule has 3 aliphatic heterocycles. The van der Waals surface area contributed by atoms with E-state index in [9.17, 15) is 14.4 Å². The first-order valence-corrected chi connectivity index (χ1v) is 15.2. The number of halogens is 2. The highest BCUT2D eigenvalue weighted by Crippen LogP contribution is 2.31. The number of ketones is 1. The van der Waals surface area contributed by atoms with E-state index in [0.29, 0.717) is 54.7 Å². The van der Waals surface area contributed by atoms with Crippen molar-refractivity contribution >= 4 is 46.6 Å². The molecule has 0 radical (unpaired) electrons. The normalized spacial score (nSPS) is 23.6. The fraction of sp³-hybridized carbons (Fsp3) is 0.484. The Morgan fingerprint density at radius 3 is 2.59 bits per heavy atom. The van der Waals surface area contributed by atoms with Gasteiger partial charge in [0.15, 0.2) is 5.78 Å². The summed E-state index contributed by atoms with van der Waals surface area (Å²) >= 11 is 12.3. The van der Waals surface area contributed by atoms with E-state index in [1.54, 1.807) is 17.0 Å². The summed E-state index contributed by atoms with van der Waals surface area (Å²) in [6.07, 6.45) is 4.78. The van der Waals surface area contributed by atoms with Gasteiger partial charge < -0.3 is 16.0 Å². The van der Waals surface area contributed by atoms with Gasteiger partial charge in [0.2, 0.25) is 11.8 Å². The molecule has 0 aliphatic carbocycles. The Kier molecular flexibility index (Phi) is 9.75. The maximum Gasteiger partial charge on any atom is 0.246 e. The van der Waals surface area contributed by atoms with Crippen LogP contribution in [-0.2, 0) is 27.2 Å². The predicted octanol–water partition coefficient (Wildman–Crippen LogP) is 3.81. The van der Waals surface area contributed by atoms with E-state index >= 15 is 0 Å². The standard InChI is InChI=1S/C31H37Cl2N5O3/c32-24-10-7-21(16-25(24)33)8-12-28(39)26(11-13-29-35-18-30(40)36-29)37-15-14-23(9-6-20-4-2-1-3-5-20)38-19-22(34)17-27(38)31(37)41/h1-5,7,10,16,22-23,26-27H,6,8-9,11-15,17-19,34H2,(H,35,36,40)/t22-,23?,26-,27+/m1/s1. The highest BCUT2D eigenvalue weighted by Gasteiger charge is 2.45. The molecule has 10 heteroatoms. The van der Waals surface area contributed by atoms with Gasteiger partial charge in [-0.05, 0) is 61.8 Å². The SMILES string of the molecule is N[C@@H]1C[C@H]2C(=O)N([C@H](CCC3=NCC(=O)N3)C(=O)CCc3ccc(Cl)c(Cl)c3)CCC(CCc3ccccc3)N2C1. The monoisotopic (exact) mass is 597 g/mol. The number of hydrogen-bond donors (Lipinski definition) is 2. The molecule has 1 unspecified atom stereocenters. The summed E-state index contributed by atoms with van der Waals surface area (Å²) in [5, 5.41) is 3.69. The van der Waals surface area contributed by atoms with Crippen molar-refractivity contribution in [3.05, 3.63) is 69.7 Å². The summed E-state index contributed by atoms with van der Waals surface area (Å²) in [4.78, 5) is 48.0. The van der Waals surface area contributed by atoms with Gasteiger partial charge in [-0.15, -0.1) is 0 Å². The number of nitrogens with zero attached hydrogens (tertiary/aromatic N) is 3. The zero-order chi connectivity index (χ0) is 28.9. The number of amidine groups is 1. The smallest absolute Gasteiger partial charge is 0.246 e. The van der Waals surface area contributed by atoms with E-state index in [1.807, 2.05) is 24.3 Å². The molecule has 5 rings (SSSR count). The van der Waals surface area contributed by atoms with Crippen molar-refractivity contribution in [2.24, 2.45) is 10.7 Å². The van der Waals surface area contributed by atoms with Gasteiger partial charge in [0, 0.05) is 38.0 Å². The summed E-state index contributed by atoms with van der Waals surface area (Å²) in [7, 11) is 0. The van der Waals surface area contributed by atoms with Crippen LogP contribution in [0.1, 0.15) is 49.7 Å². The fourth-order valence-electron chi connectivity index (χ4n) is 6.34. The Hall–Kier alpha value is -2.78. The van der Waals surface area contributed by atoms with Crippen molar-refractivity contribution in [2.75, 3.05) is 19.6 Å². The number of aliphatic imine (C=N–C) groups is 1. The lowest BCUT2D eigenvalue weighted by molar-refractivity contribution is -0.142. The van der Waals surface area contributed by atoms with Crippen LogP contribution in [-0.4, -0.2) is 77.0 Å². The van der Waals surface area contributed by atoms with E-state index in [4.69, 9.17) is 28.9 Å². The van der Waals surface area contributed by atoms with Crippen LogP contribution in [0.4, 0.5) is 0 Å². The van der Waals surface area contributed by atoms with E-state index in [0.717, 1.165) is 24.8 Å². The third-order valence-corrected chi connectivity index (χ3v) is 9.20. The van der Waals surface area contributed by atoms with E-state index in [2.05, 4.69) is 27.3 Å². The Morgan fingerprint density at radius 2 is 1.85 bits per heavy atom. The fourth-order valence-corrected chi connectivity index (χ4v) is 6.66. The quantitative estimate of drug-likeness (QED) is 0.409. The Morgan fingerprint density at radius 1 is 1.05 bits per heavy atom. The molecule has 2 amide bonds. The number of benzene rings is 2. The summed E-state index contributed by atoms with van der Waals surface area (Å²) < 4.78 is 0.